The molecule has 3 heteroatoms. The maximum atomic E-state index is 6.18. The van der Waals surface area contributed by atoms with Crippen LogP contribution >= 0.6 is 0 Å². The largest absolute Gasteiger partial charge is 0.494 e. The second-order valence-corrected chi connectivity index (χ2v) is 6.29. The quantitative estimate of drug-likeness (QED) is 0.740. The van der Waals surface area contributed by atoms with E-state index in [1.807, 2.05) is 13.0 Å². The predicted molar refractivity (Wildman–Crippen MR) is 101 cm³/mol. The third-order valence-electron chi connectivity index (χ3n) is 4.83. The molecule has 0 fully saturated rings. The summed E-state index contributed by atoms with van der Waals surface area (Å²) in [6.07, 6.45) is 0.923. The highest BCUT2D eigenvalue weighted by molar-refractivity contribution is 5.86. The molecule has 0 aliphatic rings. The molecule has 0 aliphatic heterocycles. The number of nitrogens with two attached hydrogens (primary N) is 1. The van der Waals surface area contributed by atoms with Gasteiger partial charge in [-0.3, -0.25) is 0 Å². The van der Waals surface area contributed by atoms with Crippen molar-refractivity contribution in [2.75, 3.05) is 13.2 Å². The number of rotatable bonds is 6. The summed E-state index contributed by atoms with van der Waals surface area (Å²) in [6, 6.07) is 16.9. The number of para-hydroxylation sites is 1. The Morgan fingerprint density at radius 2 is 1.92 bits per heavy atom. The van der Waals surface area contributed by atoms with Gasteiger partial charge in [0.2, 0.25) is 0 Å². The first kappa shape index (κ1) is 16.6. The second kappa shape index (κ2) is 7.10. The summed E-state index contributed by atoms with van der Waals surface area (Å²) in [5, 5.41) is 1.31. The fourth-order valence-corrected chi connectivity index (χ4v) is 3.58. The maximum absolute atomic E-state index is 6.18. The van der Waals surface area contributed by atoms with Crippen molar-refractivity contribution >= 4 is 10.9 Å². The van der Waals surface area contributed by atoms with Gasteiger partial charge < -0.3 is 15.0 Å². The Balaban J connectivity index is 1.98. The van der Waals surface area contributed by atoms with Gasteiger partial charge in [0.25, 0.3) is 0 Å². The Morgan fingerprint density at radius 1 is 1.12 bits per heavy atom. The molecule has 0 amide bonds. The van der Waals surface area contributed by atoms with E-state index in [0.717, 1.165) is 12.2 Å². The minimum absolute atomic E-state index is 0.299. The molecule has 1 unspecified atom stereocenters. The fourth-order valence-electron chi connectivity index (χ4n) is 3.58. The molecule has 0 aliphatic carbocycles. The lowest BCUT2D eigenvalue weighted by Crippen LogP contribution is -2.16. The topological polar surface area (TPSA) is 40.2 Å². The molecule has 1 atom stereocenters. The van der Waals surface area contributed by atoms with Crippen molar-refractivity contribution in [1.29, 1.82) is 0 Å². The van der Waals surface area contributed by atoms with E-state index in [1.54, 1.807) is 0 Å². The van der Waals surface area contributed by atoms with Gasteiger partial charge in [0.05, 0.1) is 6.61 Å². The summed E-state index contributed by atoms with van der Waals surface area (Å²) < 4.78 is 7.90. The average molecular weight is 322 g/mol. The van der Waals surface area contributed by atoms with Gasteiger partial charge in [-0.2, -0.15) is 0 Å². The van der Waals surface area contributed by atoms with Crippen molar-refractivity contribution in [3.8, 4) is 5.75 Å². The van der Waals surface area contributed by atoms with E-state index in [-0.39, 0.29) is 0 Å². The summed E-state index contributed by atoms with van der Waals surface area (Å²) in [5.41, 5.74) is 11.4. The smallest absolute Gasteiger partial charge is 0.119 e. The SMILES string of the molecule is CCOc1cccc(CC(CN)c2c(C)n(C)c3ccccc23)c1. The van der Waals surface area contributed by atoms with Gasteiger partial charge in [-0.25, -0.2) is 0 Å². The zero-order valence-corrected chi connectivity index (χ0v) is 14.8. The van der Waals surface area contributed by atoms with E-state index >= 15 is 0 Å². The molecular formula is C21H26N2O. The monoisotopic (exact) mass is 322 g/mol. The maximum Gasteiger partial charge on any atom is 0.119 e. The first-order valence-electron chi connectivity index (χ1n) is 8.61. The van der Waals surface area contributed by atoms with Crippen molar-refractivity contribution in [2.45, 2.75) is 26.2 Å². The van der Waals surface area contributed by atoms with Crippen LogP contribution in [0.5, 0.6) is 5.75 Å². The van der Waals surface area contributed by atoms with Gasteiger partial charge >= 0.3 is 0 Å². The Morgan fingerprint density at radius 3 is 2.67 bits per heavy atom. The normalized spacial score (nSPS) is 12.5. The molecule has 3 nitrogen and oxygen atoms in total. The van der Waals surface area contributed by atoms with Crippen molar-refractivity contribution in [2.24, 2.45) is 12.8 Å². The van der Waals surface area contributed by atoms with Crippen molar-refractivity contribution in [1.82, 2.24) is 4.57 Å². The lowest BCUT2D eigenvalue weighted by atomic mass is 9.90. The minimum Gasteiger partial charge on any atom is -0.494 e. The Kier molecular flexibility index (Phi) is 4.91. The fraction of sp³-hybridized carbons (Fsp3) is 0.333. The van der Waals surface area contributed by atoms with Crippen LogP contribution in [0.2, 0.25) is 0 Å². The molecule has 3 rings (SSSR count). The molecule has 3 aromatic rings. The van der Waals surface area contributed by atoms with Crippen molar-refractivity contribution < 1.29 is 4.74 Å². The Bertz CT molecular complexity index is 835. The third kappa shape index (κ3) is 3.04. The van der Waals surface area contributed by atoms with Gasteiger partial charge in [-0.15, -0.1) is 0 Å². The van der Waals surface area contributed by atoms with Crippen LogP contribution in [0.4, 0.5) is 0 Å². The molecule has 126 valence electrons. The lowest BCUT2D eigenvalue weighted by molar-refractivity contribution is 0.340. The standard InChI is InChI=1S/C21H26N2O/c1-4-24-18-9-7-8-16(13-18)12-17(14-22)21-15(2)23(3)20-11-6-5-10-19(20)21/h5-11,13,17H,4,12,14,22H2,1-3H3. The van der Waals surface area contributed by atoms with Gasteiger partial charge in [0.1, 0.15) is 5.75 Å². The number of ether oxygens (including phenoxy) is 1. The summed E-state index contributed by atoms with van der Waals surface area (Å²) in [6.45, 7) is 5.52. The second-order valence-electron chi connectivity index (χ2n) is 6.29. The van der Waals surface area contributed by atoms with Crippen molar-refractivity contribution in [3.05, 3.63) is 65.4 Å². The average Bonchev–Trinajstić information content (AvgIpc) is 2.85. The molecule has 0 bridgehead atoms. The highest BCUT2D eigenvalue weighted by Gasteiger charge is 2.20. The number of aryl methyl sites for hydroxylation is 1. The van der Waals surface area contributed by atoms with E-state index in [4.69, 9.17) is 10.5 Å². The van der Waals surface area contributed by atoms with E-state index in [0.29, 0.717) is 19.1 Å². The molecule has 0 spiro atoms. The Hall–Kier alpha value is -2.26. The van der Waals surface area contributed by atoms with Gasteiger partial charge in [-0.05, 0) is 56.1 Å². The summed E-state index contributed by atoms with van der Waals surface area (Å²) in [7, 11) is 2.13. The summed E-state index contributed by atoms with van der Waals surface area (Å²) >= 11 is 0. The van der Waals surface area contributed by atoms with E-state index < -0.39 is 0 Å². The van der Waals surface area contributed by atoms with Crippen LogP contribution < -0.4 is 10.5 Å². The van der Waals surface area contributed by atoms with Gasteiger partial charge in [-0.1, -0.05) is 30.3 Å². The van der Waals surface area contributed by atoms with E-state index in [9.17, 15) is 0 Å². The van der Waals surface area contributed by atoms with Crippen LogP contribution in [0.1, 0.15) is 29.7 Å². The van der Waals surface area contributed by atoms with Crippen molar-refractivity contribution in [3.63, 3.8) is 0 Å². The minimum atomic E-state index is 0.299. The molecular weight excluding hydrogens is 296 g/mol. The van der Waals surface area contributed by atoms with E-state index in [1.165, 1.54) is 27.7 Å². The zero-order valence-electron chi connectivity index (χ0n) is 14.8. The molecule has 0 radical (unpaired) electrons. The third-order valence-corrected chi connectivity index (χ3v) is 4.83. The molecule has 0 saturated heterocycles. The number of aromatic nitrogens is 1. The number of fused-ring (bicyclic) bond motifs is 1. The van der Waals surface area contributed by atoms with Gasteiger partial charge in [0.15, 0.2) is 0 Å². The number of hydrogen-bond acceptors (Lipinski definition) is 2. The number of nitrogens with zero attached hydrogens (tertiary/aromatic N) is 1. The molecule has 2 aromatic carbocycles. The van der Waals surface area contributed by atoms with Crippen LogP contribution in [0.3, 0.4) is 0 Å². The van der Waals surface area contributed by atoms with E-state index in [2.05, 4.69) is 61.0 Å². The van der Waals surface area contributed by atoms with Crippen LogP contribution in [-0.4, -0.2) is 17.7 Å². The van der Waals surface area contributed by atoms with Gasteiger partial charge in [0, 0.05) is 29.6 Å². The van der Waals surface area contributed by atoms with Crippen LogP contribution in [0, 0.1) is 6.92 Å². The molecule has 1 heterocycles. The lowest BCUT2D eigenvalue weighted by Gasteiger charge is -2.17. The molecule has 2 N–H and O–H groups in total. The molecule has 24 heavy (non-hydrogen) atoms. The first-order valence-corrected chi connectivity index (χ1v) is 8.61. The summed E-state index contributed by atoms with van der Waals surface area (Å²) in [4.78, 5) is 0. The highest BCUT2D eigenvalue weighted by Crippen LogP contribution is 2.33. The molecule has 1 aromatic heterocycles. The predicted octanol–water partition coefficient (Wildman–Crippen LogP) is 4.17. The Labute approximate surface area is 144 Å². The number of hydrogen-bond donors (Lipinski definition) is 1. The first-order chi connectivity index (χ1) is 11.7. The summed E-state index contributed by atoms with van der Waals surface area (Å²) in [5.74, 6) is 1.23. The van der Waals surface area contributed by atoms with Crippen LogP contribution in [0.25, 0.3) is 10.9 Å². The molecule has 0 saturated carbocycles. The van der Waals surface area contributed by atoms with Crippen LogP contribution in [0.15, 0.2) is 48.5 Å². The highest BCUT2D eigenvalue weighted by atomic mass is 16.5. The van der Waals surface area contributed by atoms with Crippen LogP contribution in [-0.2, 0) is 13.5 Å². The number of benzene rings is 2. The zero-order chi connectivity index (χ0) is 17.1.